The number of benzene rings is 1. The van der Waals surface area contributed by atoms with Crippen molar-refractivity contribution in [3.63, 3.8) is 0 Å². The molecule has 3 aliphatic rings. The molecule has 1 heterocycles. The molecule has 4 atom stereocenters. The zero-order chi connectivity index (χ0) is 22.0. The topological polar surface area (TPSA) is 61.8 Å². The first-order chi connectivity index (χ1) is 14.8. The zero-order valence-electron chi connectivity index (χ0n) is 17.6. The molecule has 2 N–H and O–H groups in total. The molecule has 1 aromatic carbocycles. The van der Waals surface area contributed by atoms with Gasteiger partial charge in [-0.1, -0.05) is 18.6 Å². The maximum Gasteiger partial charge on any atom is 0.471 e. The molecule has 2 bridgehead atoms. The van der Waals surface area contributed by atoms with E-state index in [1.807, 2.05) is 6.07 Å². The fraction of sp³-hybridized carbons (Fsp3) is 0.696. The van der Waals surface area contributed by atoms with Crippen LogP contribution in [0, 0.1) is 17.8 Å². The summed E-state index contributed by atoms with van der Waals surface area (Å²) < 4.78 is 43.6. The Balaban J connectivity index is 1.22. The van der Waals surface area contributed by atoms with Gasteiger partial charge in [-0.05, 0) is 67.7 Å². The van der Waals surface area contributed by atoms with E-state index < -0.39 is 18.3 Å². The highest BCUT2D eigenvalue weighted by atomic mass is 19.4. The number of ether oxygens (including phenoxy) is 1. The Hall–Kier alpha value is -1.80. The van der Waals surface area contributed by atoms with Crippen molar-refractivity contribution in [3.05, 3.63) is 29.8 Å². The first kappa shape index (κ1) is 22.4. The lowest BCUT2D eigenvalue weighted by Crippen LogP contribution is -2.47. The normalized spacial score (nSPS) is 27.5. The minimum Gasteiger partial charge on any atom is -0.490 e. The van der Waals surface area contributed by atoms with E-state index in [4.69, 9.17) is 4.74 Å². The number of piperidine rings is 1. The van der Waals surface area contributed by atoms with Crippen molar-refractivity contribution in [2.75, 3.05) is 19.6 Å². The number of likely N-dealkylation sites (tertiary alicyclic amines) is 1. The predicted molar refractivity (Wildman–Crippen MR) is 109 cm³/mol. The van der Waals surface area contributed by atoms with Gasteiger partial charge < -0.3 is 14.7 Å². The molecule has 5 nitrogen and oxygen atoms in total. The molecule has 4 unspecified atom stereocenters. The third-order valence-corrected chi connectivity index (χ3v) is 7.19. The van der Waals surface area contributed by atoms with Crippen molar-refractivity contribution in [1.29, 1.82) is 0 Å². The Morgan fingerprint density at radius 3 is 2.61 bits per heavy atom. The van der Waals surface area contributed by atoms with Gasteiger partial charge in [0.05, 0.1) is 0 Å². The number of carbonyl (C=O) groups is 1. The second-order valence-electron chi connectivity index (χ2n) is 9.26. The highest BCUT2D eigenvalue weighted by Crippen LogP contribution is 2.49. The fourth-order valence-corrected chi connectivity index (χ4v) is 5.56. The first-order valence-electron chi connectivity index (χ1n) is 11.3. The summed E-state index contributed by atoms with van der Waals surface area (Å²) >= 11 is 0. The largest absolute Gasteiger partial charge is 0.490 e. The van der Waals surface area contributed by atoms with Crippen molar-refractivity contribution >= 4 is 5.91 Å². The van der Waals surface area contributed by atoms with Gasteiger partial charge in [0.2, 0.25) is 0 Å². The van der Waals surface area contributed by atoms with E-state index in [0.717, 1.165) is 35.6 Å². The summed E-state index contributed by atoms with van der Waals surface area (Å²) in [6, 6.07) is 7.17. The summed E-state index contributed by atoms with van der Waals surface area (Å²) in [4.78, 5) is 12.2. The van der Waals surface area contributed by atoms with E-state index in [1.54, 1.807) is 18.2 Å². The van der Waals surface area contributed by atoms with Gasteiger partial charge in [0.15, 0.2) is 0 Å². The standard InChI is InChI=1S/C23H31F3N2O3/c24-23(25,26)22(30)28-10-7-19(8-11-28)31-20-3-1-2-18(14-20)21(29)27-9-6-17-13-15-4-5-16(17)12-15/h1-3,14-17,19,21,27,29H,4-13H2. The monoisotopic (exact) mass is 440 g/mol. The van der Waals surface area contributed by atoms with Crippen LogP contribution in [-0.2, 0) is 4.79 Å². The second kappa shape index (κ2) is 9.36. The quantitative estimate of drug-likeness (QED) is 0.629. The second-order valence-corrected chi connectivity index (χ2v) is 9.26. The summed E-state index contributed by atoms with van der Waals surface area (Å²) in [5.41, 5.74) is 0.704. The van der Waals surface area contributed by atoms with Crippen LogP contribution in [0.25, 0.3) is 0 Å². The lowest BCUT2D eigenvalue weighted by atomic mass is 9.86. The molecule has 1 aromatic rings. The van der Waals surface area contributed by atoms with Crippen LogP contribution >= 0.6 is 0 Å². The summed E-state index contributed by atoms with van der Waals surface area (Å²) in [6.45, 7) is 0.817. The van der Waals surface area contributed by atoms with Gasteiger partial charge in [0.1, 0.15) is 18.1 Å². The molecule has 0 spiro atoms. The third-order valence-electron chi connectivity index (χ3n) is 7.19. The van der Waals surface area contributed by atoms with Crippen LogP contribution < -0.4 is 10.1 Å². The van der Waals surface area contributed by atoms with Gasteiger partial charge >= 0.3 is 12.1 Å². The highest BCUT2D eigenvalue weighted by molar-refractivity contribution is 5.81. The van der Waals surface area contributed by atoms with E-state index in [1.165, 1.54) is 25.7 Å². The number of aliphatic hydroxyl groups excluding tert-OH is 1. The number of alkyl halides is 3. The molecule has 1 aliphatic heterocycles. The van der Waals surface area contributed by atoms with Crippen LogP contribution in [0.5, 0.6) is 5.75 Å². The molecule has 4 rings (SSSR count). The molecule has 3 fully saturated rings. The number of amides is 1. The Bertz CT molecular complexity index is 765. The molecule has 8 heteroatoms. The number of hydrogen-bond acceptors (Lipinski definition) is 4. The number of hydrogen-bond donors (Lipinski definition) is 2. The number of aliphatic hydroxyl groups is 1. The van der Waals surface area contributed by atoms with Crippen LogP contribution in [0.4, 0.5) is 13.2 Å². The van der Waals surface area contributed by atoms with Crippen molar-refractivity contribution in [2.45, 2.75) is 63.5 Å². The van der Waals surface area contributed by atoms with E-state index >= 15 is 0 Å². The zero-order valence-corrected chi connectivity index (χ0v) is 17.6. The number of nitrogens with zero attached hydrogens (tertiary/aromatic N) is 1. The van der Waals surface area contributed by atoms with E-state index in [-0.39, 0.29) is 19.2 Å². The SMILES string of the molecule is O=C(N1CCC(Oc2cccc(C(O)NCCC3CC4CCC3C4)c2)CC1)C(F)(F)F. The fourth-order valence-electron chi connectivity index (χ4n) is 5.56. The Kier molecular flexibility index (Phi) is 6.77. The summed E-state index contributed by atoms with van der Waals surface area (Å²) in [5.74, 6) is 1.37. The van der Waals surface area contributed by atoms with E-state index in [0.29, 0.717) is 24.2 Å². The molecule has 0 radical (unpaired) electrons. The lowest BCUT2D eigenvalue weighted by molar-refractivity contribution is -0.187. The molecule has 172 valence electrons. The Labute approximate surface area is 180 Å². The average molecular weight is 441 g/mol. The number of rotatable bonds is 7. The van der Waals surface area contributed by atoms with E-state index in [9.17, 15) is 23.1 Å². The summed E-state index contributed by atoms with van der Waals surface area (Å²) in [5, 5.41) is 13.7. The number of nitrogens with one attached hydrogen (secondary N) is 1. The van der Waals surface area contributed by atoms with Crippen LogP contribution in [0.1, 0.15) is 56.7 Å². The third kappa shape index (κ3) is 5.52. The molecule has 0 aromatic heterocycles. The van der Waals surface area contributed by atoms with Crippen LogP contribution in [-0.4, -0.2) is 47.8 Å². The molecular weight excluding hydrogens is 409 g/mol. The molecule has 31 heavy (non-hydrogen) atoms. The van der Waals surface area contributed by atoms with Crippen LogP contribution in [0.15, 0.2) is 24.3 Å². The van der Waals surface area contributed by atoms with Crippen molar-refractivity contribution in [3.8, 4) is 5.75 Å². The maximum absolute atomic E-state index is 12.6. The molecule has 2 aliphatic carbocycles. The molecule has 1 amide bonds. The van der Waals surface area contributed by atoms with Gasteiger partial charge in [0.25, 0.3) is 0 Å². The minimum atomic E-state index is -4.83. The Morgan fingerprint density at radius 2 is 1.97 bits per heavy atom. The Morgan fingerprint density at radius 1 is 1.19 bits per heavy atom. The molecule has 1 saturated heterocycles. The highest BCUT2D eigenvalue weighted by Gasteiger charge is 2.43. The van der Waals surface area contributed by atoms with Crippen LogP contribution in [0.2, 0.25) is 0 Å². The van der Waals surface area contributed by atoms with Gasteiger partial charge in [-0.15, -0.1) is 0 Å². The maximum atomic E-state index is 12.6. The summed E-state index contributed by atoms with van der Waals surface area (Å²) in [7, 11) is 0. The average Bonchev–Trinajstić information content (AvgIpc) is 3.37. The lowest BCUT2D eigenvalue weighted by Gasteiger charge is -2.32. The van der Waals surface area contributed by atoms with Gasteiger partial charge in [-0.25, -0.2) is 0 Å². The van der Waals surface area contributed by atoms with E-state index in [2.05, 4.69) is 5.32 Å². The summed E-state index contributed by atoms with van der Waals surface area (Å²) in [6.07, 6.45) is 1.37. The number of fused-ring (bicyclic) bond motifs is 2. The van der Waals surface area contributed by atoms with Crippen molar-refractivity contribution < 1.29 is 27.8 Å². The first-order valence-corrected chi connectivity index (χ1v) is 11.3. The van der Waals surface area contributed by atoms with Gasteiger partial charge in [-0.2, -0.15) is 13.2 Å². The van der Waals surface area contributed by atoms with Gasteiger partial charge in [0, 0.05) is 25.9 Å². The molecular formula is C23H31F3N2O3. The molecule has 2 saturated carbocycles. The van der Waals surface area contributed by atoms with Crippen molar-refractivity contribution in [1.82, 2.24) is 10.2 Å². The van der Waals surface area contributed by atoms with Gasteiger partial charge in [-0.3, -0.25) is 10.1 Å². The predicted octanol–water partition coefficient (Wildman–Crippen LogP) is 4.03. The van der Waals surface area contributed by atoms with Crippen LogP contribution in [0.3, 0.4) is 0 Å². The van der Waals surface area contributed by atoms with Crippen molar-refractivity contribution in [2.24, 2.45) is 17.8 Å². The number of carbonyl (C=O) groups excluding carboxylic acids is 1. The smallest absolute Gasteiger partial charge is 0.471 e. The minimum absolute atomic E-state index is 0.0237. The number of halogens is 3.